The van der Waals surface area contributed by atoms with E-state index in [1.165, 1.54) is 19.1 Å². The summed E-state index contributed by atoms with van der Waals surface area (Å²) in [5.41, 5.74) is 3.44. The van der Waals surface area contributed by atoms with Gasteiger partial charge in [-0.15, -0.1) is 0 Å². The highest BCUT2D eigenvalue weighted by Crippen LogP contribution is 2.32. The molecule has 0 amide bonds. The second-order valence-corrected chi connectivity index (χ2v) is 4.23. The molecule has 0 aliphatic rings. The van der Waals surface area contributed by atoms with E-state index in [4.69, 9.17) is 5.73 Å². The second kappa shape index (κ2) is 4.53. The third-order valence-electron chi connectivity index (χ3n) is 2.40. The molecule has 1 atom stereocenters. The average Bonchev–Trinajstić information content (AvgIpc) is 2.20. The lowest BCUT2D eigenvalue weighted by Crippen LogP contribution is -2.44. The molecule has 1 unspecified atom stereocenters. The quantitative estimate of drug-likeness (QED) is 0.903. The summed E-state index contributed by atoms with van der Waals surface area (Å²) in [6.07, 6.45) is -2.83. The predicted octanol–water partition coefficient (Wildman–Crippen LogP) is 3.42. The number of rotatable bonds is 3. The van der Waals surface area contributed by atoms with Gasteiger partial charge < -0.3 is 5.73 Å². The van der Waals surface area contributed by atoms with Crippen LogP contribution in [-0.4, -0.2) is 6.43 Å². The molecule has 0 aliphatic carbocycles. The first-order valence-corrected chi connectivity index (χ1v) is 5.23. The molecule has 0 spiro atoms. The Balaban J connectivity index is 3.29. The van der Waals surface area contributed by atoms with Crippen LogP contribution in [0.25, 0.3) is 0 Å². The van der Waals surface area contributed by atoms with Crippen LogP contribution >= 0.6 is 15.9 Å². The first-order valence-electron chi connectivity index (χ1n) is 4.44. The Morgan fingerprint density at radius 2 is 2.07 bits per heavy atom. The molecule has 15 heavy (non-hydrogen) atoms. The van der Waals surface area contributed by atoms with E-state index >= 15 is 0 Å². The van der Waals surface area contributed by atoms with Gasteiger partial charge in [0.2, 0.25) is 0 Å². The van der Waals surface area contributed by atoms with Gasteiger partial charge in [0, 0.05) is 10.0 Å². The van der Waals surface area contributed by atoms with Gasteiger partial charge >= 0.3 is 0 Å². The van der Waals surface area contributed by atoms with Gasteiger partial charge in [-0.2, -0.15) is 0 Å². The molecule has 0 aromatic heterocycles. The minimum absolute atomic E-state index is 0.0297. The van der Waals surface area contributed by atoms with Crippen LogP contribution in [0.4, 0.5) is 13.2 Å². The first-order chi connectivity index (χ1) is 6.91. The molecule has 0 bridgehead atoms. The Morgan fingerprint density at radius 1 is 1.47 bits per heavy atom. The normalized spacial score (nSPS) is 15.4. The molecule has 0 saturated heterocycles. The summed E-state index contributed by atoms with van der Waals surface area (Å²) >= 11 is 3.10. The van der Waals surface area contributed by atoms with Gasteiger partial charge in [-0.3, -0.25) is 0 Å². The van der Waals surface area contributed by atoms with Gasteiger partial charge in [-0.25, -0.2) is 13.2 Å². The van der Waals surface area contributed by atoms with Crippen LogP contribution in [0.3, 0.4) is 0 Å². The summed E-state index contributed by atoms with van der Waals surface area (Å²) in [5.74, 6) is -0.706. The van der Waals surface area contributed by atoms with Crippen LogP contribution in [0, 0.1) is 5.82 Å². The number of nitrogens with two attached hydrogens (primary N) is 1. The third kappa shape index (κ3) is 2.34. The zero-order valence-corrected chi connectivity index (χ0v) is 9.69. The lowest BCUT2D eigenvalue weighted by molar-refractivity contribution is 0.0472. The van der Waals surface area contributed by atoms with Crippen molar-refractivity contribution in [2.75, 3.05) is 0 Å². The molecule has 0 radical (unpaired) electrons. The Kier molecular flexibility index (Phi) is 3.78. The number of hydrogen-bond donors (Lipinski definition) is 1. The molecule has 0 heterocycles. The van der Waals surface area contributed by atoms with Gasteiger partial charge in [0.15, 0.2) is 0 Å². The maximum absolute atomic E-state index is 13.4. The smallest absolute Gasteiger partial charge is 0.260 e. The molecule has 1 nitrogen and oxygen atoms in total. The summed E-state index contributed by atoms with van der Waals surface area (Å²) in [6, 6.07) is 3.87. The fourth-order valence-corrected chi connectivity index (χ4v) is 1.68. The van der Waals surface area contributed by atoms with Crippen LogP contribution in [0.15, 0.2) is 22.7 Å². The van der Waals surface area contributed by atoms with Crippen molar-refractivity contribution in [2.45, 2.75) is 25.3 Å². The lowest BCUT2D eigenvalue weighted by Gasteiger charge is -2.28. The number of benzene rings is 1. The zero-order valence-electron chi connectivity index (χ0n) is 8.11. The van der Waals surface area contributed by atoms with Crippen molar-refractivity contribution in [1.82, 2.24) is 0 Å². The monoisotopic (exact) mass is 281 g/mol. The van der Waals surface area contributed by atoms with Gasteiger partial charge in [-0.1, -0.05) is 22.9 Å². The summed E-state index contributed by atoms with van der Waals surface area (Å²) in [4.78, 5) is 0. The van der Waals surface area contributed by atoms with E-state index in [0.717, 1.165) is 6.07 Å². The minimum Gasteiger partial charge on any atom is -0.317 e. The number of halogens is 4. The highest BCUT2D eigenvalue weighted by Gasteiger charge is 2.38. The molecule has 1 aromatic carbocycles. The summed E-state index contributed by atoms with van der Waals surface area (Å²) in [6.45, 7) is 1.51. The van der Waals surface area contributed by atoms with Gasteiger partial charge in [-0.05, 0) is 24.6 Å². The highest BCUT2D eigenvalue weighted by molar-refractivity contribution is 9.10. The Labute approximate surface area is 94.6 Å². The molecule has 2 N–H and O–H groups in total. The summed E-state index contributed by atoms with van der Waals surface area (Å²) in [5, 5.41) is 0. The molecule has 1 aromatic rings. The molecule has 0 aliphatic heterocycles. The van der Waals surface area contributed by atoms with Crippen molar-refractivity contribution in [3.05, 3.63) is 34.1 Å². The van der Waals surface area contributed by atoms with Crippen LogP contribution in [-0.2, 0) is 5.54 Å². The molecule has 0 saturated carbocycles. The van der Waals surface area contributed by atoms with Crippen LogP contribution < -0.4 is 5.73 Å². The molecular weight excluding hydrogens is 271 g/mol. The van der Waals surface area contributed by atoms with Crippen molar-refractivity contribution in [3.63, 3.8) is 0 Å². The number of hydrogen-bond acceptors (Lipinski definition) is 1. The standard InChI is InChI=1S/C10H11BrF3N/c1-2-10(15,9(13)14)7-5-6(11)3-4-8(7)12/h3-5,9H,2,15H2,1H3. The van der Waals surface area contributed by atoms with Gasteiger partial charge in [0.05, 0.1) is 0 Å². The number of alkyl halides is 2. The molecule has 5 heteroatoms. The topological polar surface area (TPSA) is 26.0 Å². The van der Waals surface area contributed by atoms with Crippen LogP contribution in [0.5, 0.6) is 0 Å². The van der Waals surface area contributed by atoms with Crippen molar-refractivity contribution in [2.24, 2.45) is 5.73 Å². The minimum atomic E-state index is -2.80. The fraction of sp³-hybridized carbons (Fsp3) is 0.400. The molecule has 0 fully saturated rings. The van der Waals surface area contributed by atoms with E-state index in [9.17, 15) is 13.2 Å². The van der Waals surface area contributed by atoms with E-state index < -0.39 is 17.8 Å². The van der Waals surface area contributed by atoms with Crippen LogP contribution in [0.2, 0.25) is 0 Å². The van der Waals surface area contributed by atoms with E-state index in [0.29, 0.717) is 4.47 Å². The first kappa shape index (κ1) is 12.5. The Bertz CT molecular complexity index is 357. The fourth-order valence-electron chi connectivity index (χ4n) is 1.32. The lowest BCUT2D eigenvalue weighted by atomic mass is 9.88. The van der Waals surface area contributed by atoms with Gasteiger partial charge in [0.1, 0.15) is 11.4 Å². The van der Waals surface area contributed by atoms with E-state index in [-0.39, 0.29) is 12.0 Å². The largest absolute Gasteiger partial charge is 0.317 e. The predicted molar refractivity (Wildman–Crippen MR) is 56.3 cm³/mol. The summed E-state index contributed by atoms with van der Waals surface area (Å²) in [7, 11) is 0. The maximum atomic E-state index is 13.4. The third-order valence-corrected chi connectivity index (χ3v) is 2.90. The van der Waals surface area contributed by atoms with Gasteiger partial charge in [0.25, 0.3) is 6.43 Å². The van der Waals surface area contributed by atoms with Crippen molar-refractivity contribution in [1.29, 1.82) is 0 Å². The Hall–Kier alpha value is -0.550. The molecular formula is C10H11BrF3N. The summed E-state index contributed by atoms with van der Waals surface area (Å²) < 4.78 is 39.5. The SMILES string of the molecule is CCC(N)(c1cc(Br)ccc1F)C(F)F. The van der Waals surface area contributed by atoms with Crippen LogP contribution in [0.1, 0.15) is 18.9 Å². The average molecular weight is 282 g/mol. The van der Waals surface area contributed by atoms with E-state index in [1.807, 2.05) is 0 Å². The maximum Gasteiger partial charge on any atom is 0.260 e. The van der Waals surface area contributed by atoms with E-state index in [2.05, 4.69) is 15.9 Å². The van der Waals surface area contributed by atoms with Crippen molar-refractivity contribution >= 4 is 15.9 Å². The molecule has 1 rings (SSSR count). The van der Waals surface area contributed by atoms with Crippen molar-refractivity contribution in [3.8, 4) is 0 Å². The van der Waals surface area contributed by atoms with E-state index in [1.54, 1.807) is 0 Å². The Morgan fingerprint density at radius 3 is 2.53 bits per heavy atom. The zero-order chi connectivity index (χ0) is 11.6. The highest BCUT2D eigenvalue weighted by atomic mass is 79.9. The second-order valence-electron chi connectivity index (χ2n) is 3.32. The molecule has 84 valence electrons. The van der Waals surface area contributed by atoms with Crippen molar-refractivity contribution < 1.29 is 13.2 Å².